The van der Waals surface area contributed by atoms with E-state index in [0.717, 1.165) is 22.0 Å². The monoisotopic (exact) mass is 460 g/mol. The number of halogens is 3. The lowest BCUT2D eigenvalue weighted by atomic mass is 10.2. The topological polar surface area (TPSA) is 64.2 Å². The van der Waals surface area contributed by atoms with Crippen LogP contribution in [0, 0.1) is 13.8 Å². The molecule has 166 valence electrons. The molecule has 0 aliphatic carbocycles. The van der Waals surface area contributed by atoms with E-state index in [-0.39, 0.29) is 18.3 Å². The number of carbonyl (C=O) groups excluding carboxylic acids is 1. The number of alkyl halides is 3. The smallest absolute Gasteiger partial charge is 0.417 e. The van der Waals surface area contributed by atoms with Gasteiger partial charge in [0.05, 0.1) is 42.4 Å². The number of amides is 1. The van der Waals surface area contributed by atoms with Crippen LogP contribution in [0.15, 0.2) is 59.5 Å². The molecule has 0 atom stereocenters. The summed E-state index contributed by atoms with van der Waals surface area (Å²) in [6, 6.07) is 9.69. The van der Waals surface area contributed by atoms with Crippen molar-refractivity contribution in [1.82, 2.24) is 19.7 Å². The highest BCUT2D eigenvalue weighted by Crippen LogP contribution is 2.29. The number of hydrogen-bond acceptors (Lipinski definition) is 5. The lowest BCUT2D eigenvalue weighted by Crippen LogP contribution is -2.30. The lowest BCUT2D eigenvalue weighted by Gasteiger charge is -2.21. The van der Waals surface area contributed by atoms with Gasteiger partial charge in [0, 0.05) is 16.0 Å². The highest BCUT2D eigenvalue weighted by atomic mass is 32.1. The molecule has 0 N–H and O–H groups in total. The van der Waals surface area contributed by atoms with Crippen molar-refractivity contribution in [2.45, 2.75) is 33.1 Å². The molecule has 4 heterocycles. The molecule has 0 aliphatic rings. The molecule has 32 heavy (non-hydrogen) atoms. The Kier molecular flexibility index (Phi) is 5.88. The van der Waals surface area contributed by atoms with Crippen molar-refractivity contribution in [3.8, 4) is 5.82 Å². The molecule has 4 aromatic heterocycles. The zero-order valence-electron chi connectivity index (χ0n) is 17.3. The van der Waals surface area contributed by atoms with Crippen molar-refractivity contribution in [2.75, 3.05) is 0 Å². The van der Waals surface area contributed by atoms with Crippen molar-refractivity contribution < 1.29 is 22.4 Å². The largest absolute Gasteiger partial charge is 0.467 e. The molecular formula is C22H19F3N4O2S. The Morgan fingerprint density at radius 2 is 1.94 bits per heavy atom. The van der Waals surface area contributed by atoms with Crippen LogP contribution in [0.3, 0.4) is 0 Å². The second-order valence-corrected chi connectivity index (χ2v) is 8.58. The number of furan rings is 1. The summed E-state index contributed by atoms with van der Waals surface area (Å²) in [7, 11) is 0. The van der Waals surface area contributed by atoms with Gasteiger partial charge in [0.15, 0.2) is 5.82 Å². The first-order valence-electron chi connectivity index (χ1n) is 9.67. The zero-order valence-corrected chi connectivity index (χ0v) is 18.1. The maximum Gasteiger partial charge on any atom is 0.417 e. The van der Waals surface area contributed by atoms with Crippen LogP contribution in [0.1, 0.15) is 37.1 Å². The molecule has 0 spiro atoms. The van der Waals surface area contributed by atoms with Crippen LogP contribution in [-0.2, 0) is 19.3 Å². The van der Waals surface area contributed by atoms with Crippen LogP contribution in [0.2, 0.25) is 0 Å². The van der Waals surface area contributed by atoms with Gasteiger partial charge in [-0.25, -0.2) is 9.67 Å². The van der Waals surface area contributed by atoms with Crippen LogP contribution >= 0.6 is 11.3 Å². The number of aryl methyl sites for hydroxylation is 1. The van der Waals surface area contributed by atoms with Crippen molar-refractivity contribution in [3.05, 3.63) is 87.4 Å². The summed E-state index contributed by atoms with van der Waals surface area (Å²) in [6.07, 6.45) is -0.767. The number of pyridine rings is 1. The zero-order chi connectivity index (χ0) is 22.9. The van der Waals surface area contributed by atoms with E-state index in [1.165, 1.54) is 16.9 Å². The van der Waals surface area contributed by atoms with Crippen molar-refractivity contribution >= 4 is 17.2 Å². The fourth-order valence-corrected chi connectivity index (χ4v) is 4.15. The van der Waals surface area contributed by atoms with Gasteiger partial charge in [-0.3, -0.25) is 4.79 Å². The second-order valence-electron chi connectivity index (χ2n) is 7.21. The van der Waals surface area contributed by atoms with Crippen molar-refractivity contribution in [3.63, 3.8) is 0 Å². The summed E-state index contributed by atoms with van der Waals surface area (Å²) in [6.45, 7) is 4.34. The molecule has 10 heteroatoms. The minimum atomic E-state index is -4.47. The Hall–Kier alpha value is -3.40. The summed E-state index contributed by atoms with van der Waals surface area (Å²) in [5.41, 5.74) is -0.0289. The first kappa shape index (κ1) is 21.8. The van der Waals surface area contributed by atoms with Gasteiger partial charge >= 0.3 is 6.18 Å². The Morgan fingerprint density at radius 3 is 2.53 bits per heavy atom. The number of hydrogen-bond donors (Lipinski definition) is 0. The van der Waals surface area contributed by atoms with E-state index < -0.39 is 11.7 Å². The van der Waals surface area contributed by atoms with Crippen molar-refractivity contribution in [1.29, 1.82) is 0 Å². The first-order chi connectivity index (χ1) is 15.2. The molecule has 0 saturated carbocycles. The summed E-state index contributed by atoms with van der Waals surface area (Å²) >= 11 is 1.60. The number of carbonyl (C=O) groups is 1. The van der Waals surface area contributed by atoms with E-state index in [1.807, 2.05) is 19.1 Å². The highest BCUT2D eigenvalue weighted by Gasteiger charge is 2.31. The predicted molar refractivity (Wildman–Crippen MR) is 112 cm³/mol. The van der Waals surface area contributed by atoms with Gasteiger partial charge in [0.25, 0.3) is 5.91 Å². The summed E-state index contributed by atoms with van der Waals surface area (Å²) < 4.78 is 45.2. The number of rotatable bonds is 6. The van der Waals surface area contributed by atoms with Crippen LogP contribution in [0.25, 0.3) is 5.82 Å². The van der Waals surface area contributed by atoms with E-state index >= 15 is 0 Å². The Morgan fingerprint density at radius 1 is 1.12 bits per heavy atom. The maximum atomic E-state index is 13.4. The average Bonchev–Trinajstić information content (AvgIpc) is 3.49. The van der Waals surface area contributed by atoms with E-state index in [4.69, 9.17) is 4.42 Å². The normalized spacial score (nSPS) is 11.7. The second kappa shape index (κ2) is 8.62. The van der Waals surface area contributed by atoms with Gasteiger partial charge in [0.2, 0.25) is 0 Å². The van der Waals surface area contributed by atoms with Gasteiger partial charge in [0.1, 0.15) is 5.76 Å². The molecule has 4 aromatic rings. The number of thiophene rings is 1. The summed E-state index contributed by atoms with van der Waals surface area (Å²) in [5, 5.41) is 4.19. The van der Waals surface area contributed by atoms with Gasteiger partial charge in [-0.15, -0.1) is 11.3 Å². The predicted octanol–water partition coefficient (Wildman–Crippen LogP) is 5.40. The third-order valence-corrected chi connectivity index (χ3v) is 5.87. The molecular weight excluding hydrogens is 441 g/mol. The Labute approximate surface area is 185 Å². The fourth-order valence-electron chi connectivity index (χ4n) is 3.25. The van der Waals surface area contributed by atoms with Crippen LogP contribution in [-0.4, -0.2) is 25.6 Å². The third kappa shape index (κ3) is 4.59. The molecule has 0 bridgehead atoms. The van der Waals surface area contributed by atoms with E-state index in [9.17, 15) is 18.0 Å². The molecule has 0 fully saturated rings. The quantitative estimate of drug-likeness (QED) is 0.387. The van der Waals surface area contributed by atoms with Gasteiger partial charge in [-0.2, -0.15) is 18.3 Å². The number of nitrogens with zero attached hydrogens (tertiary/aromatic N) is 4. The standard InChI is InChI=1S/C22H19F3N4O2S/c1-14-5-7-18(32-14)13-28(12-17-4-3-9-31-17)21(30)19-11-27-29(15(19)2)20-8-6-16(10-26-20)22(23,24)25/h3-11H,12-13H2,1-2H3. The molecule has 1 amide bonds. The van der Waals surface area contributed by atoms with Crippen molar-refractivity contribution in [2.24, 2.45) is 0 Å². The molecule has 0 aliphatic heterocycles. The molecule has 6 nitrogen and oxygen atoms in total. The van der Waals surface area contributed by atoms with Crippen LogP contribution < -0.4 is 0 Å². The minimum absolute atomic E-state index is 0.195. The van der Waals surface area contributed by atoms with Gasteiger partial charge in [-0.05, 0) is 50.2 Å². The third-order valence-electron chi connectivity index (χ3n) is 4.89. The maximum absolute atomic E-state index is 13.4. The van der Waals surface area contributed by atoms with Gasteiger partial charge < -0.3 is 9.32 Å². The van der Waals surface area contributed by atoms with E-state index in [2.05, 4.69) is 10.1 Å². The molecule has 4 rings (SSSR count). The SMILES string of the molecule is Cc1ccc(CN(Cc2ccco2)C(=O)c2cnn(-c3ccc(C(F)(F)F)cn3)c2C)s1. The highest BCUT2D eigenvalue weighted by molar-refractivity contribution is 7.11. The van der Waals surface area contributed by atoms with Crippen LogP contribution in [0.5, 0.6) is 0 Å². The molecule has 0 aromatic carbocycles. The van der Waals surface area contributed by atoms with Crippen LogP contribution in [0.4, 0.5) is 13.2 Å². The summed E-state index contributed by atoms with van der Waals surface area (Å²) in [4.78, 5) is 21.1. The molecule has 0 saturated heterocycles. The van der Waals surface area contributed by atoms with Gasteiger partial charge in [-0.1, -0.05) is 0 Å². The van der Waals surface area contributed by atoms with E-state index in [1.54, 1.807) is 41.6 Å². The summed E-state index contributed by atoms with van der Waals surface area (Å²) in [5.74, 6) is 0.574. The van der Waals surface area contributed by atoms with E-state index in [0.29, 0.717) is 23.6 Å². The molecule has 0 unspecified atom stereocenters. The molecule has 0 radical (unpaired) electrons. The lowest BCUT2D eigenvalue weighted by molar-refractivity contribution is -0.137. The Balaban J connectivity index is 1.62. The fraction of sp³-hybridized carbons (Fsp3) is 0.227. The average molecular weight is 460 g/mol. The first-order valence-corrected chi connectivity index (χ1v) is 10.5. The Bertz CT molecular complexity index is 1210. The number of aromatic nitrogens is 3. The minimum Gasteiger partial charge on any atom is -0.467 e.